The minimum Gasteiger partial charge on any atom is -0.309 e. The zero-order chi connectivity index (χ0) is 21.3. The highest BCUT2D eigenvalue weighted by molar-refractivity contribution is 5.92. The van der Waals surface area contributed by atoms with E-state index in [2.05, 4.69) is 17.2 Å². The smallest absolute Gasteiger partial charge is 0.229 e. The van der Waals surface area contributed by atoms with Crippen molar-refractivity contribution in [3.8, 4) is 11.3 Å². The molecule has 156 valence electrons. The number of benzene rings is 2. The molecule has 0 aliphatic carbocycles. The number of carbonyl (C=O) groups is 1. The van der Waals surface area contributed by atoms with Gasteiger partial charge >= 0.3 is 0 Å². The van der Waals surface area contributed by atoms with Gasteiger partial charge in [-0.2, -0.15) is 0 Å². The van der Waals surface area contributed by atoms with Crippen LogP contribution in [0.4, 0.5) is 14.6 Å². The predicted octanol–water partition coefficient (Wildman–Crippen LogP) is 5.73. The first-order chi connectivity index (χ1) is 14.6. The number of aryl methyl sites for hydroxylation is 1. The Balaban J connectivity index is 1.77. The quantitative estimate of drug-likeness (QED) is 0.460. The number of aromatic nitrogens is 2. The molecule has 30 heavy (non-hydrogen) atoms. The Morgan fingerprint density at radius 2 is 1.80 bits per heavy atom. The Morgan fingerprint density at radius 3 is 2.53 bits per heavy atom. The second-order valence-corrected chi connectivity index (χ2v) is 7.20. The average Bonchev–Trinajstić information content (AvgIpc) is 2.75. The topological polar surface area (TPSA) is 54.9 Å². The highest BCUT2D eigenvalue weighted by Gasteiger charge is 2.13. The fourth-order valence-electron chi connectivity index (χ4n) is 3.18. The van der Waals surface area contributed by atoms with Crippen molar-refractivity contribution < 1.29 is 13.6 Å². The van der Waals surface area contributed by atoms with Gasteiger partial charge in [-0.15, -0.1) is 0 Å². The Morgan fingerprint density at radius 1 is 1.00 bits per heavy atom. The number of amides is 1. The summed E-state index contributed by atoms with van der Waals surface area (Å²) >= 11 is 0. The lowest BCUT2D eigenvalue weighted by molar-refractivity contribution is -0.115. The Bertz CT molecular complexity index is 993. The fourth-order valence-corrected chi connectivity index (χ4v) is 3.18. The van der Waals surface area contributed by atoms with Gasteiger partial charge in [-0.05, 0) is 30.5 Å². The van der Waals surface area contributed by atoms with Gasteiger partial charge in [0.2, 0.25) is 5.91 Å². The summed E-state index contributed by atoms with van der Waals surface area (Å²) in [6, 6.07) is 13.2. The van der Waals surface area contributed by atoms with Crippen LogP contribution in [0.1, 0.15) is 43.9 Å². The minimum atomic E-state index is -0.969. The summed E-state index contributed by atoms with van der Waals surface area (Å²) in [6.07, 6.45) is 6.57. The summed E-state index contributed by atoms with van der Waals surface area (Å²) in [5.74, 6) is -1.84. The second-order valence-electron chi connectivity index (χ2n) is 7.20. The van der Waals surface area contributed by atoms with Gasteiger partial charge in [0.05, 0.1) is 24.0 Å². The van der Waals surface area contributed by atoms with Crippen LogP contribution in [0.2, 0.25) is 0 Å². The van der Waals surface area contributed by atoms with E-state index in [9.17, 15) is 13.6 Å². The Kier molecular flexibility index (Phi) is 7.60. The van der Waals surface area contributed by atoms with Crippen molar-refractivity contribution in [2.45, 2.75) is 45.4 Å². The Labute approximate surface area is 175 Å². The third-order valence-electron chi connectivity index (χ3n) is 4.79. The lowest BCUT2D eigenvalue weighted by atomic mass is 10.1. The van der Waals surface area contributed by atoms with Gasteiger partial charge in [0, 0.05) is 5.56 Å². The van der Waals surface area contributed by atoms with E-state index < -0.39 is 11.6 Å². The molecule has 1 amide bonds. The lowest BCUT2D eigenvalue weighted by Gasteiger charge is -2.12. The summed E-state index contributed by atoms with van der Waals surface area (Å²) in [5.41, 5.74) is 2.83. The molecule has 3 aromatic rings. The van der Waals surface area contributed by atoms with Gasteiger partial charge in [-0.25, -0.2) is 18.7 Å². The van der Waals surface area contributed by atoms with Crippen molar-refractivity contribution in [3.63, 3.8) is 0 Å². The molecule has 0 saturated carbocycles. The normalized spacial score (nSPS) is 10.8. The number of hydrogen-bond donors (Lipinski definition) is 1. The second kappa shape index (κ2) is 10.6. The van der Waals surface area contributed by atoms with Crippen molar-refractivity contribution in [1.29, 1.82) is 0 Å². The van der Waals surface area contributed by atoms with Gasteiger partial charge in [0.25, 0.3) is 0 Å². The fraction of sp³-hybridized carbons (Fsp3) is 0.292. The number of halogens is 2. The molecule has 0 bridgehead atoms. The third-order valence-corrected chi connectivity index (χ3v) is 4.79. The van der Waals surface area contributed by atoms with Crippen molar-refractivity contribution >= 4 is 11.7 Å². The van der Waals surface area contributed by atoms with Gasteiger partial charge < -0.3 is 5.32 Å². The first-order valence-corrected chi connectivity index (χ1v) is 10.2. The van der Waals surface area contributed by atoms with Crippen LogP contribution >= 0.6 is 0 Å². The van der Waals surface area contributed by atoms with E-state index in [0.717, 1.165) is 54.8 Å². The van der Waals surface area contributed by atoms with Gasteiger partial charge in [0.1, 0.15) is 0 Å². The molecule has 0 radical (unpaired) electrons. The third kappa shape index (κ3) is 5.92. The first-order valence-electron chi connectivity index (χ1n) is 10.2. The van der Waals surface area contributed by atoms with Crippen LogP contribution in [-0.4, -0.2) is 15.9 Å². The molecule has 0 saturated heterocycles. The van der Waals surface area contributed by atoms with Crippen LogP contribution in [0.3, 0.4) is 0 Å². The van der Waals surface area contributed by atoms with Gasteiger partial charge in [0.15, 0.2) is 17.5 Å². The lowest BCUT2D eigenvalue weighted by Crippen LogP contribution is -2.17. The van der Waals surface area contributed by atoms with E-state index in [-0.39, 0.29) is 12.3 Å². The SMILES string of the molecule is CCCCCCc1nc(-c2ccccc2)cnc1NC(=O)Cc1ccc(F)c(F)c1. The molecule has 3 rings (SSSR count). The zero-order valence-corrected chi connectivity index (χ0v) is 17.0. The average molecular weight is 409 g/mol. The van der Waals surface area contributed by atoms with Crippen molar-refractivity contribution in [3.05, 3.63) is 77.6 Å². The molecule has 2 aromatic carbocycles. The number of carbonyl (C=O) groups excluding carboxylic acids is 1. The van der Waals surface area contributed by atoms with E-state index in [1.54, 1.807) is 6.20 Å². The number of anilines is 1. The summed E-state index contributed by atoms with van der Waals surface area (Å²) in [4.78, 5) is 21.6. The number of nitrogens with one attached hydrogen (secondary N) is 1. The summed E-state index contributed by atoms with van der Waals surface area (Å²) in [6.45, 7) is 2.15. The molecule has 0 unspecified atom stereocenters. The highest BCUT2D eigenvalue weighted by Crippen LogP contribution is 2.21. The van der Waals surface area contributed by atoms with E-state index >= 15 is 0 Å². The number of hydrogen-bond acceptors (Lipinski definition) is 3. The molecule has 1 aromatic heterocycles. The van der Waals surface area contributed by atoms with Crippen LogP contribution in [-0.2, 0) is 17.6 Å². The zero-order valence-electron chi connectivity index (χ0n) is 17.0. The molecular weight excluding hydrogens is 384 g/mol. The molecule has 1 N–H and O–H groups in total. The standard InChI is InChI=1S/C24H25F2N3O/c1-2-3-4-8-11-21-24(27-16-22(28-21)18-9-6-5-7-10-18)29-23(30)15-17-12-13-19(25)20(26)14-17/h5-7,9-10,12-14,16H,2-4,8,11,15H2,1H3,(H,27,29,30). The Hall–Kier alpha value is -3.15. The summed E-state index contributed by atoms with van der Waals surface area (Å²) in [7, 11) is 0. The molecule has 0 atom stereocenters. The maximum atomic E-state index is 13.4. The molecule has 0 fully saturated rings. The van der Waals surface area contributed by atoms with E-state index in [4.69, 9.17) is 4.98 Å². The highest BCUT2D eigenvalue weighted by atomic mass is 19.2. The molecule has 1 heterocycles. The van der Waals surface area contributed by atoms with Gasteiger partial charge in [-0.3, -0.25) is 4.79 Å². The van der Waals surface area contributed by atoms with E-state index in [0.29, 0.717) is 17.8 Å². The maximum absolute atomic E-state index is 13.4. The molecule has 0 spiro atoms. The van der Waals surface area contributed by atoms with E-state index in [1.807, 2.05) is 30.3 Å². The monoisotopic (exact) mass is 409 g/mol. The van der Waals surface area contributed by atoms with Crippen LogP contribution < -0.4 is 5.32 Å². The maximum Gasteiger partial charge on any atom is 0.229 e. The van der Waals surface area contributed by atoms with Crippen molar-refractivity contribution in [2.75, 3.05) is 5.32 Å². The van der Waals surface area contributed by atoms with Crippen LogP contribution in [0.25, 0.3) is 11.3 Å². The minimum absolute atomic E-state index is 0.0748. The van der Waals surface area contributed by atoms with Crippen LogP contribution in [0, 0.1) is 11.6 Å². The van der Waals surface area contributed by atoms with Crippen molar-refractivity contribution in [2.24, 2.45) is 0 Å². The predicted molar refractivity (Wildman–Crippen MR) is 114 cm³/mol. The van der Waals surface area contributed by atoms with E-state index in [1.165, 1.54) is 6.07 Å². The largest absolute Gasteiger partial charge is 0.309 e. The molecule has 6 heteroatoms. The summed E-state index contributed by atoms with van der Waals surface area (Å²) < 4.78 is 26.5. The van der Waals surface area contributed by atoms with Crippen LogP contribution in [0.15, 0.2) is 54.7 Å². The molecule has 0 aliphatic rings. The summed E-state index contributed by atoms with van der Waals surface area (Å²) in [5, 5.41) is 2.78. The number of nitrogens with zero attached hydrogens (tertiary/aromatic N) is 2. The molecule has 4 nitrogen and oxygen atoms in total. The first kappa shape index (κ1) is 21.6. The molecular formula is C24H25F2N3O. The number of unbranched alkanes of at least 4 members (excludes halogenated alkanes) is 3. The van der Waals surface area contributed by atoms with Crippen LogP contribution in [0.5, 0.6) is 0 Å². The number of rotatable bonds is 9. The van der Waals surface area contributed by atoms with Gasteiger partial charge in [-0.1, -0.05) is 62.6 Å². The van der Waals surface area contributed by atoms with Crippen molar-refractivity contribution in [1.82, 2.24) is 9.97 Å². The molecule has 0 aliphatic heterocycles.